The van der Waals surface area contributed by atoms with E-state index in [0.717, 1.165) is 16.5 Å². The first-order valence-corrected chi connectivity index (χ1v) is 7.20. The van der Waals surface area contributed by atoms with Gasteiger partial charge in [-0.15, -0.1) is 0 Å². The van der Waals surface area contributed by atoms with Gasteiger partial charge in [0.2, 0.25) is 11.8 Å². The molecule has 0 bridgehead atoms. The van der Waals surface area contributed by atoms with E-state index in [1.807, 2.05) is 25.1 Å². The summed E-state index contributed by atoms with van der Waals surface area (Å²) in [6.45, 7) is 5.41. The van der Waals surface area contributed by atoms with Crippen molar-refractivity contribution in [3.63, 3.8) is 0 Å². The molecule has 0 aliphatic carbocycles. The maximum atomic E-state index is 10.1. The quantitative estimate of drug-likeness (QED) is 0.670. The monoisotopic (exact) mass is 317 g/mol. The van der Waals surface area contributed by atoms with Crippen LogP contribution in [0, 0.1) is 20.8 Å². The van der Waals surface area contributed by atoms with Gasteiger partial charge in [0.1, 0.15) is 5.82 Å². The number of rotatable bonds is 2. The van der Waals surface area contributed by atoms with Crippen molar-refractivity contribution in [1.29, 1.82) is 0 Å². The zero-order valence-corrected chi connectivity index (χ0v) is 13.2. The molecule has 2 aromatic heterocycles. The molecule has 1 aromatic carbocycles. The molecule has 2 heterocycles. The zero-order chi connectivity index (χ0) is 16.0. The molecule has 0 fully saturated rings. The molecule has 0 atom stereocenters. The van der Waals surface area contributed by atoms with E-state index in [0.29, 0.717) is 22.0 Å². The lowest BCUT2D eigenvalue weighted by Gasteiger charge is -2.12. The van der Waals surface area contributed by atoms with Crippen LogP contribution >= 0.6 is 11.6 Å². The topological polar surface area (TPSA) is 70.3 Å². The standard InChI is InChI=1S/C16H16ClN3O2/c1-8-5-4-6-11-12(17)7-13(18-14(8)11)19-20-15(21)9(2)10(3)16(20)22/h4-7,21-22H,1-3H3,(H,18,19). The molecule has 3 rings (SSSR count). The van der Waals surface area contributed by atoms with Gasteiger partial charge in [0.05, 0.1) is 10.5 Å². The fourth-order valence-electron chi connectivity index (χ4n) is 2.40. The van der Waals surface area contributed by atoms with Gasteiger partial charge < -0.3 is 10.2 Å². The molecule has 0 unspecified atom stereocenters. The maximum absolute atomic E-state index is 10.1. The summed E-state index contributed by atoms with van der Waals surface area (Å²) < 4.78 is 1.19. The molecule has 3 aromatic rings. The number of anilines is 1. The van der Waals surface area contributed by atoms with Crippen molar-refractivity contribution in [1.82, 2.24) is 9.66 Å². The summed E-state index contributed by atoms with van der Waals surface area (Å²) in [4.78, 5) is 4.51. The van der Waals surface area contributed by atoms with Gasteiger partial charge >= 0.3 is 0 Å². The number of aromatic nitrogens is 2. The van der Waals surface area contributed by atoms with Gasteiger partial charge in [-0.2, -0.15) is 4.68 Å². The summed E-state index contributed by atoms with van der Waals surface area (Å²) in [5, 5.41) is 21.6. The van der Waals surface area contributed by atoms with E-state index in [4.69, 9.17) is 11.6 Å². The fourth-order valence-corrected chi connectivity index (χ4v) is 2.66. The highest BCUT2D eigenvalue weighted by molar-refractivity contribution is 6.35. The summed E-state index contributed by atoms with van der Waals surface area (Å²) in [5.74, 6) is 0.322. The Kier molecular flexibility index (Phi) is 3.37. The molecular formula is C16H16ClN3O2. The zero-order valence-electron chi connectivity index (χ0n) is 12.5. The number of pyridine rings is 1. The lowest BCUT2D eigenvalue weighted by Crippen LogP contribution is -2.09. The molecule has 0 amide bonds. The van der Waals surface area contributed by atoms with Crippen LogP contribution in [0.25, 0.3) is 10.9 Å². The molecule has 22 heavy (non-hydrogen) atoms. The Morgan fingerprint density at radius 3 is 2.36 bits per heavy atom. The van der Waals surface area contributed by atoms with Crippen molar-refractivity contribution in [3.05, 3.63) is 46.0 Å². The van der Waals surface area contributed by atoms with Crippen LogP contribution in [0.15, 0.2) is 24.3 Å². The predicted molar refractivity (Wildman–Crippen MR) is 87.7 cm³/mol. The van der Waals surface area contributed by atoms with Crippen molar-refractivity contribution in [2.24, 2.45) is 0 Å². The smallest absolute Gasteiger partial charge is 0.216 e. The second kappa shape index (κ2) is 5.10. The first kappa shape index (κ1) is 14.5. The molecular weight excluding hydrogens is 302 g/mol. The molecule has 0 aliphatic rings. The van der Waals surface area contributed by atoms with E-state index < -0.39 is 0 Å². The van der Waals surface area contributed by atoms with Crippen LogP contribution < -0.4 is 5.43 Å². The van der Waals surface area contributed by atoms with Crippen LogP contribution in [0.3, 0.4) is 0 Å². The summed E-state index contributed by atoms with van der Waals surface area (Å²) in [7, 11) is 0. The number of nitrogens with one attached hydrogen (secondary N) is 1. The molecule has 6 heteroatoms. The molecule has 0 saturated heterocycles. The molecule has 5 nitrogen and oxygen atoms in total. The molecule has 114 valence electrons. The highest BCUT2D eigenvalue weighted by Gasteiger charge is 2.17. The third-order valence-electron chi connectivity index (χ3n) is 3.87. The highest BCUT2D eigenvalue weighted by Crippen LogP contribution is 2.33. The van der Waals surface area contributed by atoms with Crippen molar-refractivity contribution in [2.75, 3.05) is 5.43 Å². The van der Waals surface area contributed by atoms with Crippen LogP contribution in [-0.2, 0) is 0 Å². The number of para-hydroxylation sites is 1. The molecule has 0 aliphatic heterocycles. The van der Waals surface area contributed by atoms with Gasteiger partial charge in [0.25, 0.3) is 0 Å². The van der Waals surface area contributed by atoms with Crippen LogP contribution in [-0.4, -0.2) is 19.9 Å². The Labute approximate surface area is 132 Å². The molecule has 0 spiro atoms. The first-order chi connectivity index (χ1) is 10.4. The Balaban J connectivity index is 2.13. The lowest BCUT2D eigenvalue weighted by molar-refractivity contribution is 0.390. The number of nitrogens with zero attached hydrogens (tertiary/aromatic N) is 2. The van der Waals surface area contributed by atoms with E-state index in [1.165, 1.54) is 4.68 Å². The van der Waals surface area contributed by atoms with Crippen LogP contribution in [0.2, 0.25) is 5.02 Å². The van der Waals surface area contributed by atoms with Gasteiger partial charge in [-0.1, -0.05) is 29.8 Å². The minimum absolute atomic E-state index is 0.0576. The number of halogens is 1. The van der Waals surface area contributed by atoms with Crippen molar-refractivity contribution in [3.8, 4) is 11.8 Å². The van der Waals surface area contributed by atoms with Gasteiger partial charge in [-0.3, -0.25) is 5.43 Å². The maximum Gasteiger partial charge on any atom is 0.216 e. The van der Waals surface area contributed by atoms with Gasteiger partial charge in [-0.05, 0) is 26.3 Å². The van der Waals surface area contributed by atoms with Gasteiger partial charge in [-0.25, -0.2) is 4.98 Å². The minimum Gasteiger partial charge on any atom is -0.493 e. The average Bonchev–Trinajstić information content (AvgIpc) is 2.66. The Morgan fingerprint density at radius 2 is 1.73 bits per heavy atom. The number of aromatic hydroxyl groups is 2. The second-order valence-corrected chi connectivity index (χ2v) is 5.71. The van der Waals surface area contributed by atoms with Crippen molar-refractivity contribution >= 4 is 28.3 Å². The van der Waals surface area contributed by atoms with E-state index >= 15 is 0 Å². The Morgan fingerprint density at radius 1 is 1.09 bits per heavy atom. The van der Waals surface area contributed by atoms with E-state index in [2.05, 4.69) is 10.4 Å². The largest absolute Gasteiger partial charge is 0.493 e. The number of benzene rings is 1. The third-order valence-corrected chi connectivity index (χ3v) is 4.19. The molecule has 3 N–H and O–H groups in total. The summed E-state index contributed by atoms with van der Waals surface area (Å²) in [6, 6.07) is 7.44. The van der Waals surface area contributed by atoms with E-state index in [9.17, 15) is 10.2 Å². The lowest BCUT2D eigenvalue weighted by atomic mass is 10.1. The average molecular weight is 318 g/mol. The predicted octanol–water partition coefficient (Wildman–Crippen LogP) is 3.90. The third kappa shape index (κ3) is 2.14. The number of aryl methyl sites for hydroxylation is 1. The molecule has 0 saturated carbocycles. The highest BCUT2D eigenvalue weighted by atomic mass is 35.5. The summed E-state index contributed by atoms with van der Waals surface area (Å²) in [5.41, 5.74) is 5.86. The van der Waals surface area contributed by atoms with Crippen molar-refractivity contribution < 1.29 is 10.2 Å². The fraction of sp³-hybridized carbons (Fsp3) is 0.188. The van der Waals surface area contributed by atoms with E-state index in [-0.39, 0.29) is 11.8 Å². The minimum atomic E-state index is -0.0576. The van der Waals surface area contributed by atoms with E-state index in [1.54, 1.807) is 19.9 Å². The van der Waals surface area contributed by atoms with Crippen LogP contribution in [0.5, 0.6) is 11.8 Å². The normalized spacial score (nSPS) is 11.1. The van der Waals surface area contributed by atoms with Crippen molar-refractivity contribution in [2.45, 2.75) is 20.8 Å². The van der Waals surface area contributed by atoms with Crippen LogP contribution in [0.1, 0.15) is 16.7 Å². The Hall–Kier alpha value is -2.40. The second-order valence-electron chi connectivity index (χ2n) is 5.30. The number of hydrogen-bond donors (Lipinski definition) is 3. The number of fused-ring (bicyclic) bond motifs is 1. The number of hydrogen-bond acceptors (Lipinski definition) is 4. The molecule has 0 radical (unpaired) electrons. The first-order valence-electron chi connectivity index (χ1n) is 6.83. The Bertz CT molecular complexity index is 861. The summed E-state index contributed by atoms with van der Waals surface area (Å²) in [6.07, 6.45) is 0. The SMILES string of the molecule is Cc1c(C)c(O)n(Nc2cc(Cl)c3cccc(C)c3n2)c1O. The van der Waals surface area contributed by atoms with Gasteiger partial charge in [0, 0.05) is 22.6 Å². The van der Waals surface area contributed by atoms with Crippen LogP contribution in [0.4, 0.5) is 5.82 Å². The van der Waals surface area contributed by atoms with Gasteiger partial charge in [0.15, 0.2) is 0 Å². The summed E-state index contributed by atoms with van der Waals surface area (Å²) >= 11 is 6.30.